The van der Waals surface area contributed by atoms with Crippen molar-refractivity contribution in [3.8, 4) is 0 Å². The molecule has 0 aliphatic rings. The minimum Gasteiger partial charge on any atom is -0.383 e. The van der Waals surface area contributed by atoms with Crippen LogP contribution in [0.4, 0.5) is 0 Å². The summed E-state index contributed by atoms with van der Waals surface area (Å²) in [6.45, 7) is 1.24. The Morgan fingerprint density at radius 3 is 2.84 bits per heavy atom. The highest BCUT2D eigenvalue weighted by Crippen LogP contribution is 2.35. The summed E-state index contributed by atoms with van der Waals surface area (Å²) < 4.78 is 6.94. The van der Waals surface area contributed by atoms with E-state index in [0.29, 0.717) is 18.2 Å². The highest BCUT2D eigenvalue weighted by Gasteiger charge is 2.23. The van der Waals surface area contributed by atoms with Gasteiger partial charge in [-0.1, -0.05) is 23.2 Å². The fourth-order valence-electron chi connectivity index (χ4n) is 1.92. The first-order valence-corrected chi connectivity index (χ1v) is 7.43. The lowest BCUT2D eigenvalue weighted by Crippen LogP contribution is -2.22. The summed E-state index contributed by atoms with van der Waals surface area (Å²) in [4.78, 5) is 1.03. The number of hydrogen-bond donors (Lipinski definition) is 1. The van der Waals surface area contributed by atoms with Crippen molar-refractivity contribution in [1.29, 1.82) is 0 Å². The van der Waals surface area contributed by atoms with Crippen LogP contribution in [0.3, 0.4) is 0 Å². The lowest BCUT2D eigenvalue weighted by atomic mass is 10.1. The zero-order chi connectivity index (χ0) is 13.8. The number of nitrogens with zero attached hydrogens (tertiary/aromatic N) is 2. The minimum absolute atomic E-state index is 0.0700. The van der Waals surface area contributed by atoms with E-state index < -0.39 is 0 Å². The summed E-state index contributed by atoms with van der Waals surface area (Å²) >= 11 is 14.1. The average molecular weight is 320 g/mol. The van der Waals surface area contributed by atoms with Gasteiger partial charge in [0.05, 0.1) is 41.1 Å². The Balaban J connectivity index is 2.38. The third-order valence-corrected chi connectivity index (χ3v) is 4.52. The van der Waals surface area contributed by atoms with E-state index in [4.69, 9.17) is 27.9 Å². The van der Waals surface area contributed by atoms with Crippen molar-refractivity contribution in [2.75, 3.05) is 20.8 Å². The Labute approximate surface area is 126 Å². The Morgan fingerprint density at radius 1 is 1.47 bits per heavy atom. The second kappa shape index (κ2) is 6.72. The molecule has 0 aromatic carbocycles. The van der Waals surface area contributed by atoms with Gasteiger partial charge in [0, 0.05) is 12.0 Å². The van der Waals surface area contributed by atoms with Gasteiger partial charge in [-0.05, 0) is 18.5 Å². The zero-order valence-corrected chi connectivity index (χ0v) is 13.0. The lowest BCUT2D eigenvalue weighted by molar-refractivity contribution is 0.182. The van der Waals surface area contributed by atoms with E-state index >= 15 is 0 Å². The van der Waals surface area contributed by atoms with Gasteiger partial charge < -0.3 is 10.1 Å². The molecule has 2 aromatic heterocycles. The van der Waals surface area contributed by atoms with Crippen LogP contribution in [0.2, 0.25) is 10.0 Å². The molecule has 0 saturated carbocycles. The summed E-state index contributed by atoms with van der Waals surface area (Å²) in [5.74, 6) is 0. The molecule has 2 aromatic rings. The van der Waals surface area contributed by atoms with Crippen molar-refractivity contribution in [2.24, 2.45) is 0 Å². The maximum atomic E-state index is 6.26. The first kappa shape index (κ1) is 14.8. The molecule has 0 fully saturated rings. The van der Waals surface area contributed by atoms with Crippen molar-refractivity contribution in [2.45, 2.75) is 12.6 Å². The van der Waals surface area contributed by atoms with E-state index in [1.54, 1.807) is 24.6 Å². The molecule has 0 spiro atoms. The fourth-order valence-corrected chi connectivity index (χ4v) is 3.45. The van der Waals surface area contributed by atoms with Crippen LogP contribution in [-0.4, -0.2) is 30.5 Å². The van der Waals surface area contributed by atoms with E-state index in [1.165, 1.54) is 0 Å². The normalized spacial score (nSPS) is 12.8. The number of ether oxygens (including phenoxy) is 1. The molecule has 104 valence electrons. The molecule has 0 aliphatic carbocycles. The van der Waals surface area contributed by atoms with Crippen LogP contribution >= 0.6 is 34.5 Å². The van der Waals surface area contributed by atoms with Crippen LogP contribution in [0.5, 0.6) is 0 Å². The molecule has 1 atom stereocenters. The predicted octanol–water partition coefficient (Wildman–Crippen LogP) is 3.21. The van der Waals surface area contributed by atoms with Gasteiger partial charge in [-0.3, -0.25) is 4.68 Å². The van der Waals surface area contributed by atoms with Crippen molar-refractivity contribution >= 4 is 34.5 Å². The monoisotopic (exact) mass is 319 g/mol. The maximum Gasteiger partial charge on any atom is 0.0869 e. The summed E-state index contributed by atoms with van der Waals surface area (Å²) in [6.07, 6.45) is 1.65. The number of rotatable bonds is 6. The predicted molar refractivity (Wildman–Crippen MR) is 79.3 cm³/mol. The molecular weight excluding hydrogens is 305 g/mol. The number of methoxy groups -OCH3 is 1. The third-order valence-electron chi connectivity index (χ3n) is 2.81. The largest absolute Gasteiger partial charge is 0.383 e. The van der Waals surface area contributed by atoms with E-state index in [-0.39, 0.29) is 6.04 Å². The van der Waals surface area contributed by atoms with Gasteiger partial charge in [0.15, 0.2) is 0 Å². The molecule has 1 N–H and O–H groups in total. The number of halogens is 2. The molecule has 0 saturated heterocycles. The molecule has 1 unspecified atom stereocenters. The SMILES string of the molecule is CNC(c1sccc1Cl)c1c(Cl)cnn1CCOC. The Morgan fingerprint density at radius 2 is 2.26 bits per heavy atom. The number of thiophene rings is 1. The summed E-state index contributed by atoms with van der Waals surface area (Å²) in [5.41, 5.74) is 0.908. The van der Waals surface area contributed by atoms with Crippen LogP contribution in [-0.2, 0) is 11.3 Å². The van der Waals surface area contributed by atoms with E-state index in [9.17, 15) is 0 Å². The molecule has 4 nitrogen and oxygen atoms in total. The van der Waals surface area contributed by atoms with E-state index in [0.717, 1.165) is 15.6 Å². The smallest absolute Gasteiger partial charge is 0.0869 e. The molecule has 7 heteroatoms. The highest BCUT2D eigenvalue weighted by molar-refractivity contribution is 7.10. The number of nitrogens with one attached hydrogen (secondary N) is 1. The molecule has 2 heterocycles. The molecule has 0 amide bonds. The second-order valence-electron chi connectivity index (χ2n) is 3.95. The van der Waals surface area contributed by atoms with Crippen molar-refractivity contribution in [1.82, 2.24) is 15.1 Å². The average Bonchev–Trinajstić information content (AvgIpc) is 2.97. The Hall–Kier alpha value is -0.590. The molecule has 19 heavy (non-hydrogen) atoms. The lowest BCUT2D eigenvalue weighted by Gasteiger charge is -2.18. The van der Waals surface area contributed by atoms with Crippen LogP contribution in [0.15, 0.2) is 17.6 Å². The van der Waals surface area contributed by atoms with Crippen LogP contribution in [0, 0.1) is 0 Å². The van der Waals surface area contributed by atoms with Crippen LogP contribution < -0.4 is 5.32 Å². The highest BCUT2D eigenvalue weighted by atomic mass is 35.5. The van der Waals surface area contributed by atoms with Gasteiger partial charge in [-0.2, -0.15) is 5.10 Å². The van der Waals surface area contributed by atoms with Crippen molar-refractivity contribution < 1.29 is 4.74 Å². The summed E-state index contributed by atoms with van der Waals surface area (Å²) in [7, 11) is 3.54. The van der Waals surface area contributed by atoms with Gasteiger partial charge >= 0.3 is 0 Å². The molecule has 0 bridgehead atoms. The molecule has 0 radical (unpaired) electrons. The fraction of sp³-hybridized carbons (Fsp3) is 0.417. The molecular formula is C12H15Cl2N3OS. The van der Waals surface area contributed by atoms with E-state index in [2.05, 4.69) is 10.4 Å². The number of aromatic nitrogens is 2. The van der Waals surface area contributed by atoms with Crippen molar-refractivity contribution in [3.63, 3.8) is 0 Å². The summed E-state index contributed by atoms with van der Waals surface area (Å²) in [6, 6.07) is 1.81. The maximum absolute atomic E-state index is 6.26. The van der Waals surface area contributed by atoms with Gasteiger partial charge in [-0.25, -0.2) is 0 Å². The standard InChI is InChI=1S/C12H15Cl2N3OS/c1-15-10(12-8(13)3-6-19-12)11-9(14)7-16-17(11)4-5-18-2/h3,6-7,10,15H,4-5H2,1-2H3. The van der Waals surface area contributed by atoms with Crippen LogP contribution in [0.1, 0.15) is 16.6 Å². The minimum atomic E-state index is -0.0700. The molecule has 0 aliphatic heterocycles. The van der Waals surface area contributed by atoms with Crippen molar-refractivity contribution in [3.05, 3.63) is 38.3 Å². The first-order valence-electron chi connectivity index (χ1n) is 5.79. The van der Waals surface area contributed by atoms with Crippen LogP contribution in [0.25, 0.3) is 0 Å². The topological polar surface area (TPSA) is 39.1 Å². The van der Waals surface area contributed by atoms with E-state index in [1.807, 2.05) is 23.2 Å². The third kappa shape index (κ3) is 3.12. The second-order valence-corrected chi connectivity index (χ2v) is 5.71. The van der Waals surface area contributed by atoms with Gasteiger partial charge in [0.25, 0.3) is 0 Å². The quantitative estimate of drug-likeness (QED) is 0.888. The Kier molecular flexibility index (Phi) is 5.24. The van der Waals surface area contributed by atoms with Gasteiger partial charge in [0.2, 0.25) is 0 Å². The number of hydrogen-bond acceptors (Lipinski definition) is 4. The molecule has 2 rings (SSSR count). The summed E-state index contributed by atoms with van der Waals surface area (Å²) in [5, 5.41) is 10.9. The zero-order valence-electron chi connectivity index (χ0n) is 10.7. The first-order chi connectivity index (χ1) is 9.19. The van der Waals surface area contributed by atoms with Gasteiger partial charge in [0.1, 0.15) is 0 Å². The van der Waals surface area contributed by atoms with Gasteiger partial charge in [-0.15, -0.1) is 11.3 Å². The Bertz CT molecular complexity index is 541.